The molecule has 4 nitrogen and oxygen atoms in total. The Morgan fingerprint density at radius 3 is 2.73 bits per heavy atom. The van der Waals surface area contributed by atoms with Crippen molar-refractivity contribution in [1.29, 1.82) is 5.41 Å². The first-order valence-corrected chi connectivity index (χ1v) is 7.55. The van der Waals surface area contributed by atoms with Crippen LogP contribution in [0.15, 0.2) is 57.4 Å². The maximum Gasteiger partial charge on any atom is 0.261 e. The minimum absolute atomic E-state index is 0.144. The van der Waals surface area contributed by atoms with Gasteiger partial charge in [0.05, 0.1) is 10.7 Å². The van der Waals surface area contributed by atoms with Gasteiger partial charge in [-0.3, -0.25) is 10.2 Å². The third-order valence-electron chi connectivity index (χ3n) is 3.10. The predicted octanol–water partition coefficient (Wildman–Crippen LogP) is 4.58. The molecule has 0 aliphatic rings. The topological polar surface area (TPSA) is 66.1 Å². The molecule has 0 bridgehead atoms. The van der Waals surface area contributed by atoms with Crippen LogP contribution in [0.2, 0.25) is 5.02 Å². The molecule has 6 heteroatoms. The van der Waals surface area contributed by atoms with Crippen LogP contribution in [0, 0.1) is 5.41 Å². The first kappa shape index (κ1) is 14.8. The average molecular weight is 378 g/mol. The molecule has 22 heavy (non-hydrogen) atoms. The normalized spacial score (nSPS) is 10.6. The predicted molar refractivity (Wildman–Crippen MR) is 89.2 cm³/mol. The van der Waals surface area contributed by atoms with E-state index in [0.29, 0.717) is 16.3 Å². The number of para-hydroxylation sites is 1. The molecule has 1 amide bonds. The summed E-state index contributed by atoms with van der Waals surface area (Å²) in [5.41, 5.74) is 0.982. The fourth-order valence-corrected chi connectivity index (χ4v) is 2.59. The molecule has 0 aliphatic heterocycles. The van der Waals surface area contributed by atoms with Gasteiger partial charge in [0.15, 0.2) is 0 Å². The maximum atomic E-state index is 12.4. The van der Waals surface area contributed by atoms with Gasteiger partial charge >= 0.3 is 0 Å². The van der Waals surface area contributed by atoms with Crippen LogP contribution in [-0.4, -0.2) is 5.91 Å². The molecule has 0 atom stereocenters. The van der Waals surface area contributed by atoms with Crippen LogP contribution in [-0.2, 0) is 0 Å². The van der Waals surface area contributed by atoms with Crippen molar-refractivity contribution in [2.75, 3.05) is 5.32 Å². The molecule has 3 aromatic rings. The van der Waals surface area contributed by atoms with Crippen LogP contribution in [0.5, 0.6) is 0 Å². The molecular weight excluding hydrogens is 368 g/mol. The fourth-order valence-electron chi connectivity index (χ4n) is 2.03. The van der Waals surface area contributed by atoms with E-state index in [0.717, 1.165) is 9.86 Å². The summed E-state index contributed by atoms with van der Waals surface area (Å²) in [6.45, 7) is 0. The Labute approximate surface area is 139 Å². The van der Waals surface area contributed by atoms with Crippen molar-refractivity contribution < 1.29 is 9.21 Å². The lowest BCUT2D eigenvalue weighted by Crippen LogP contribution is -2.20. The molecule has 0 radical (unpaired) electrons. The van der Waals surface area contributed by atoms with Crippen LogP contribution in [0.3, 0.4) is 0 Å². The molecule has 0 spiro atoms. The quantitative estimate of drug-likeness (QED) is 0.686. The summed E-state index contributed by atoms with van der Waals surface area (Å²) in [7, 11) is 0. The molecule has 2 aromatic carbocycles. The lowest BCUT2D eigenvalue weighted by atomic mass is 10.1. The second-order valence-corrected chi connectivity index (χ2v) is 5.93. The molecule has 1 heterocycles. The number of fused-ring (bicyclic) bond motifs is 1. The Morgan fingerprint density at radius 2 is 1.95 bits per heavy atom. The van der Waals surface area contributed by atoms with Gasteiger partial charge < -0.3 is 9.73 Å². The van der Waals surface area contributed by atoms with Gasteiger partial charge in [-0.05, 0) is 36.4 Å². The second-order valence-electron chi connectivity index (χ2n) is 4.61. The van der Waals surface area contributed by atoms with Crippen molar-refractivity contribution >= 4 is 50.1 Å². The van der Waals surface area contributed by atoms with Gasteiger partial charge in [-0.2, -0.15) is 0 Å². The molecule has 0 aliphatic carbocycles. The van der Waals surface area contributed by atoms with E-state index in [1.54, 1.807) is 36.4 Å². The Bertz CT molecular complexity index is 937. The Kier molecular flexibility index (Phi) is 4.00. The lowest BCUT2D eigenvalue weighted by molar-refractivity contribution is 0.102. The monoisotopic (exact) mass is 376 g/mol. The van der Waals surface area contributed by atoms with E-state index in [4.69, 9.17) is 21.4 Å². The van der Waals surface area contributed by atoms with Gasteiger partial charge in [-0.15, -0.1) is 0 Å². The third kappa shape index (κ3) is 2.91. The minimum Gasteiger partial charge on any atom is -0.438 e. The van der Waals surface area contributed by atoms with E-state index in [9.17, 15) is 4.79 Å². The molecule has 0 unspecified atom stereocenters. The summed E-state index contributed by atoms with van der Waals surface area (Å²) in [6, 6.07) is 13.9. The molecule has 0 saturated carbocycles. The van der Waals surface area contributed by atoms with Crippen LogP contribution in [0.25, 0.3) is 11.0 Å². The SMILES string of the molecule is N=c1oc2ccc(Br)cc2cc1C(=O)Nc1ccccc1Cl. The number of hydrogen-bond donors (Lipinski definition) is 2. The van der Waals surface area contributed by atoms with Gasteiger partial charge in [0.25, 0.3) is 5.91 Å². The first-order valence-electron chi connectivity index (χ1n) is 6.38. The number of halogens is 2. The number of hydrogen-bond acceptors (Lipinski definition) is 3. The standard InChI is InChI=1S/C16H10BrClN2O2/c17-10-5-6-14-9(7-10)8-11(15(19)22-14)16(21)20-13-4-2-1-3-12(13)18/h1-8,19H,(H,20,21). The summed E-state index contributed by atoms with van der Waals surface area (Å²) in [6.07, 6.45) is 0. The summed E-state index contributed by atoms with van der Waals surface area (Å²) in [5, 5.41) is 11.7. The largest absolute Gasteiger partial charge is 0.438 e. The van der Waals surface area contributed by atoms with Gasteiger partial charge in [-0.1, -0.05) is 39.7 Å². The van der Waals surface area contributed by atoms with E-state index in [2.05, 4.69) is 21.2 Å². The van der Waals surface area contributed by atoms with Crippen molar-refractivity contribution in [1.82, 2.24) is 0 Å². The third-order valence-corrected chi connectivity index (χ3v) is 3.92. The number of anilines is 1. The van der Waals surface area contributed by atoms with Gasteiger partial charge in [0, 0.05) is 9.86 Å². The van der Waals surface area contributed by atoms with E-state index >= 15 is 0 Å². The first-order chi connectivity index (χ1) is 10.5. The summed E-state index contributed by atoms with van der Waals surface area (Å²) < 4.78 is 6.25. The Morgan fingerprint density at radius 1 is 1.18 bits per heavy atom. The smallest absolute Gasteiger partial charge is 0.261 e. The van der Waals surface area contributed by atoms with Gasteiger partial charge in [0.2, 0.25) is 5.55 Å². The van der Waals surface area contributed by atoms with Crippen molar-refractivity contribution in [2.24, 2.45) is 0 Å². The van der Waals surface area contributed by atoms with Gasteiger partial charge in [0.1, 0.15) is 11.1 Å². The fraction of sp³-hybridized carbons (Fsp3) is 0. The zero-order valence-corrected chi connectivity index (χ0v) is 13.5. The maximum absolute atomic E-state index is 12.4. The highest BCUT2D eigenvalue weighted by atomic mass is 79.9. The number of carbonyl (C=O) groups excluding carboxylic acids is 1. The van der Waals surface area contributed by atoms with Crippen molar-refractivity contribution in [2.45, 2.75) is 0 Å². The number of rotatable bonds is 2. The van der Waals surface area contributed by atoms with E-state index < -0.39 is 5.91 Å². The summed E-state index contributed by atoms with van der Waals surface area (Å²) in [5.74, 6) is -0.441. The number of benzene rings is 2. The molecule has 0 saturated heterocycles. The molecule has 0 fully saturated rings. The number of nitrogens with one attached hydrogen (secondary N) is 2. The van der Waals surface area contributed by atoms with Crippen LogP contribution in [0.4, 0.5) is 5.69 Å². The molecular formula is C16H10BrClN2O2. The van der Waals surface area contributed by atoms with E-state index in [1.807, 2.05) is 12.1 Å². The highest BCUT2D eigenvalue weighted by Crippen LogP contribution is 2.22. The van der Waals surface area contributed by atoms with Crippen molar-refractivity contribution in [3.8, 4) is 0 Å². The number of carbonyl (C=O) groups is 1. The van der Waals surface area contributed by atoms with E-state index in [1.165, 1.54) is 0 Å². The zero-order chi connectivity index (χ0) is 15.7. The molecule has 1 aromatic heterocycles. The molecule has 110 valence electrons. The average Bonchev–Trinajstić information content (AvgIpc) is 2.49. The second kappa shape index (κ2) is 5.94. The number of amides is 1. The van der Waals surface area contributed by atoms with Crippen molar-refractivity contribution in [3.05, 3.63) is 69.1 Å². The Hall–Kier alpha value is -2.11. The van der Waals surface area contributed by atoms with Gasteiger partial charge in [-0.25, -0.2) is 0 Å². The van der Waals surface area contributed by atoms with Crippen LogP contribution >= 0.6 is 27.5 Å². The lowest BCUT2D eigenvalue weighted by Gasteiger charge is -2.07. The summed E-state index contributed by atoms with van der Waals surface area (Å²) >= 11 is 9.39. The highest BCUT2D eigenvalue weighted by molar-refractivity contribution is 9.10. The van der Waals surface area contributed by atoms with E-state index in [-0.39, 0.29) is 11.1 Å². The highest BCUT2D eigenvalue weighted by Gasteiger charge is 2.13. The Balaban J connectivity index is 2.02. The minimum atomic E-state index is -0.441. The zero-order valence-electron chi connectivity index (χ0n) is 11.2. The van der Waals surface area contributed by atoms with Crippen LogP contribution < -0.4 is 10.9 Å². The summed E-state index contributed by atoms with van der Waals surface area (Å²) in [4.78, 5) is 12.4. The van der Waals surface area contributed by atoms with Crippen LogP contribution in [0.1, 0.15) is 10.4 Å². The van der Waals surface area contributed by atoms with Crippen molar-refractivity contribution in [3.63, 3.8) is 0 Å². The molecule has 3 rings (SSSR count). The molecule has 2 N–H and O–H groups in total.